The third-order valence-corrected chi connectivity index (χ3v) is 3.02. The molecule has 1 N–H and O–H groups in total. The van der Waals surface area contributed by atoms with Crippen LogP contribution in [0.2, 0.25) is 0 Å². The highest BCUT2D eigenvalue weighted by Gasteiger charge is 2.08. The zero-order valence-electron chi connectivity index (χ0n) is 11.1. The number of aryl methyl sites for hydroxylation is 1. The van der Waals surface area contributed by atoms with Crippen molar-refractivity contribution in [3.63, 3.8) is 0 Å². The fourth-order valence-corrected chi connectivity index (χ4v) is 2.04. The number of amides is 1. The summed E-state index contributed by atoms with van der Waals surface area (Å²) in [6.45, 7) is 2.24. The third kappa shape index (κ3) is 2.54. The summed E-state index contributed by atoms with van der Waals surface area (Å²) in [5.41, 5.74) is 3.22. The molecule has 4 heteroatoms. The maximum absolute atomic E-state index is 12.0. The average Bonchev–Trinajstić information content (AvgIpc) is 2.87. The van der Waals surface area contributed by atoms with Gasteiger partial charge < -0.3 is 9.73 Å². The second kappa shape index (κ2) is 5.17. The molecule has 0 aliphatic heterocycles. The van der Waals surface area contributed by atoms with Crippen LogP contribution in [0.25, 0.3) is 11.1 Å². The van der Waals surface area contributed by atoms with Crippen molar-refractivity contribution in [2.45, 2.75) is 13.5 Å². The minimum absolute atomic E-state index is 0.129. The van der Waals surface area contributed by atoms with Gasteiger partial charge in [0.25, 0.3) is 5.91 Å². The summed E-state index contributed by atoms with van der Waals surface area (Å²) in [6, 6.07) is 15.0. The van der Waals surface area contributed by atoms with Crippen molar-refractivity contribution in [3.05, 3.63) is 65.5 Å². The van der Waals surface area contributed by atoms with E-state index in [1.165, 1.54) is 0 Å². The Hall–Kier alpha value is -2.62. The van der Waals surface area contributed by atoms with E-state index in [4.69, 9.17) is 4.42 Å². The number of carbonyl (C=O) groups is 1. The zero-order chi connectivity index (χ0) is 13.9. The molecule has 3 aromatic rings. The number of hydrogen-bond acceptors (Lipinski definition) is 3. The van der Waals surface area contributed by atoms with E-state index in [2.05, 4.69) is 10.3 Å². The van der Waals surface area contributed by atoms with Crippen molar-refractivity contribution in [1.29, 1.82) is 0 Å². The van der Waals surface area contributed by atoms with E-state index < -0.39 is 0 Å². The first-order valence-corrected chi connectivity index (χ1v) is 6.42. The Morgan fingerprint density at radius 3 is 2.85 bits per heavy atom. The van der Waals surface area contributed by atoms with Crippen LogP contribution in [-0.2, 0) is 6.54 Å². The Kier molecular flexibility index (Phi) is 3.21. The first-order valence-electron chi connectivity index (χ1n) is 6.42. The molecule has 0 spiro atoms. The number of aromatic nitrogens is 1. The van der Waals surface area contributed by atoms with E-state index in [9.17, 15) is 4.79 Å². The van der Waals surface area contributed by atoms with Crippen LogP contribution in [0, 0.1) is 6.92 Å². The van der Waals surface area contributed by atoms with Gasteiger partial charge in [0.2, 0.25) is 5.89 Å². The summed E-state index contributed by atoms with van der Waals surface area (Å²) in [4.78, 5) is 16.3. The molecule has 100 valence electrons. The predicted octanol–water partition coefficient (Wildman–Crippen LogP) is 3.07. The van der Waals surface area contributed by atoms with Gasteiger partial charge in [-0.25, -0.2) is 4.98 Å². The van der Waals surface area contributed by atoms with Crippen LogP contribution in [0.1, 0.15) is 21.8 Å². The van der Waals surface area contributed by atoms with E-state index in [1.807, 2.05) is 49.4 Å². The Morgan fingerprint density at radius 1 is 1.20 bits per heavy atom. The van der Waals surface area contributed by atoms with E-state index in [0.29, 0.717) is 11.5 Å². The Morgan fingerprint density at radius 2 is 2.05 bits per heavy atom. The van der Waals surface area contributed by atoms with Gasteiger partial charge >= 0.3 is 0 Å². The van der Waals surface area contributed by atoms with Crippen LogP contribution in [0.4, 0.5) is 0 Å². The Bertz CT molecular complexity index is 729. The zero-order valence-corrected chi connectivity index (χ0v) is 11.1. The third-order valence-electron chi connectivity index (χ3n) is 3.02. The number of nitrogens with one attached hydrogen (secondary N) is 1. The summed E-state index contributed by atoms with van der Waals surface area (Å²) in [5, 5.41) is 2.81. The van der Waals surface area contributed by atoms with Crippen molar-refractivity contribution in [1.82, 2.24) is 10.3 Å². The van der Waals surface area contributed by atoms with Crippen LogP contribution in [-0.4, -0.2) is 10.9 Å². The smallest absolute Gasteiger partial charge is 0.251 e. The molecule has 1 aromatic heterocycles. The number of hydrogen-bond donors (Lipinski definition) is 1. The fraction of sp³-hybridized carbons (Fsp3) is 0.125. The minimum Gasteiger partial charge on any atom is -0.439 e. The summed E-state index contributed by atoms with van der Waals surface area (Å²) >= 11 is 0. The molecule has 0 unspecified atom stereocenters. The van der Waals surface area contributed by atoms with Gasteiger partial charge in [-0.2, -0.15) is 0 Å². The highest BCUT2D eigenvalue weighted by atomic mass is 16.3. The number of nitrogens with zero attached hydrogens (tertiary/aromatic N) is 1. The van der Waals surface area contributed by atoms with E-state index >= 15 is 0 Å². The van der Waals surface area contributed by atoms with E-state index in [-0.39, 0.29) is 12.5 Å². The predicted molar refractivity (Wildman–Crippen MR) is 76.4 cm³/mol. The standard InChI is InChI=1S/C16H14N2O2/c1-11-5-4-6-12(9-11)16(19)17-10-15-18-13-7-2-3-8-14(13)20-15/h2-9H,10H2,1H3,(H,17,19). The van der Waals surface area contributed by atoms with Gasteiger partial charge in [-0.15, -0.1) is 0 Å². The highest BCUT2D eigenvalue weighted by molar-refractivity contribution is 5.94. The number of carbonyl (C=O) groups excluding carboxylic acids is 1. The van der Waals surface area contributed by atoms with Gasteiger partial charge in [0.1, 0.15) is 5.52 Å². The normalized spacial score (nSPS) is 10.7. The lowest BCUT2D eigenvalue weighted by molar-refractivity contribution is 0.0947. The molecule has 3 rings (SSSR count). The van der Waals surface area contributed by atoms with Crippen LogP contribution in [0.15, 0.2) is 52.9 Å². The van der Waals surface area contributed by atoms with Gasteiger partial charge in [0.05, 0.1) is 6.54 Å². The number of rotatable bonds is 3. The molecule has 0 bridgehead atoms. The maximum Gasteiger partial charge on any atom is 0.251 e. The minimum atomic E-state index is -0.129. The second-order valence-electron chi connectivity index (χ2n) is 4.63. The van der Waals surface area contributed by atoms with E-state index in [1.54, 1.807) is 6.07 Å². The monoisotopic (exact) mass is 266 g/mol. The maximum atomic E-state index is 12.0. The molecule has 4 nitrogen and oxygen atoms in total. The topological polar surface area (TPSA) is 55.1 Å². The molecule has 1 amide bonds. The van der Waals surface area contributed by atoms with Crippen molar-refractivity contribution >= 4 is 17.0 Å². The highest BCUT2D eigenvalue weighted by Crippen LogP contribution is 2.14. The lowest BCUT2D eigenvalue weighted by Gasteiger charge is -2.03. The van der Waals surface area contributed by atoms with Gasteiger partial charge in [0, 0.05) is 5.56 Å². The summed E-state index contributed by atoms with van der Waals surface area (Å²) in [6.07, 6.45) is 0. The molecular weight excluding hydrogens is 252 g/mol. The van der Waals surface area contributed by atoms with Crippen LogP contribution in [0.3, 0.4) is 0 Å². The molecule has 0 saturated carbocycles. The van der Waals surface area contributed by atoms with Crippen molar-refractivity contribution in [2.75, 3.05) is 0 Å². The summed E-state index contributed by atoms with van der Waals surface area (Å²) in [5.74, 6) is 0.378. The molecule has 0 radical (unpaired) electrons. The molecule has 0 saturated heterocycles. The lowest BCUT2D eigenvalue weighted by atomic mass is 10.1. The summed E-state index contributed by atoms with van der Waals surface area (Å²) < 4.78 is 5.55. The summed E-state index contributed by atoms with van der Waals surface area (Å²) in [7, 11) is 0. The number of benzene rings is 2. The van der Waals surface area contributed by atoms with Crippen LogP contribution < -0.4 is 5.32 Å². The number of para-hydroxylation sites is 2. The Labute approximate surface area is 116 Å². The molecule has 0 aliphatic rings. The van der Waals surface area contributed by atoms with E-state index in [0.717, 1.165) is 16.7 Å². The molecule has 1 heterocycles. The quantitative estimate of drug-likeness (QED) is 0.792. The molecule has 0 aliphatic carbocycles. The fourth-order valence-electron chi connectivity index (χ4n) is 2.04. The molecule has 0 atom stereocenters. The molecule has 0 fully saturated rings. The SMILES string of the molecule is Cc1cccc(C(=O)NCc2nc3ccccc3o2)c1. The van der Waals surface area contributed by atoms with Crippen molar-refractivity contribution in [3.8, 4) is 0 Å². The van der Waals surface area contributed by atoms with Gasteiger partial charge in [-0.3, -0.25) is 4.79 Å². The van der Waals surface area contributed by atoms with Crippen molar-refractivity contribution in [2.24, 2.45) is 0 Å². The molecular formula is C16H14N2O2. The van der Waals surface area contributed by atoms with Crippen LogP contribution in [0.5, 0.6) is 0 Å². The first-order chi connectivity index (χ1) is 9.72. The number of fused-ring (bicyclic) bond motifs is 1. The Balaban J connectivity index is 1.71. The first kappa shape index (κ1) is 12.4. The van der Waals surface area contributed by atoms with Gasteiger partial charge in [0.15, 0.2) is 5.58 Å². The van der Waals surface area contributed by atoms with Gasteiger partial charge in [-0.1, -0.05) is 29.8 Å². The van der Waals surface area contributed by atoms with Crippen molar-refractivity contribution < 1.29 is 9.21 Å². The largest absolute Gasteiger partial charge is 0.439 e. The molecule has 20 heavy (non-hydrogen) atoms. The second-order valence-corrected chi connectivity index (χ2v) is 4.63. The molecule has 2 aromatic carbocycles. The number of oxazole rings is 1. The average molecular weight is 266 g/mol. The van der Waals surface area contributed by atoms with Crippen LogP contribution >= 0.6 is 0 Å². The van der Waals surface area contributed by atoms with Gasteiger partial charge in [-0.05, 0) is 31.2 Å². The lowest BCUT2D eigenvalue weighted by Crippen LogP contribution is -2.22.